The maximum atomic E-state index is 11.4. The Morgan fingerprint density at radius 1 is 0.560 bits per heavy atom. The highest BCUT2D eigenvalue weighted by atomic mass is 16.8. The number of hydrogen-bond donors (Lipinski definition) is 13. The third-order valence-corrected chi connectivity index (χ3v) is 9.60. The standard InChI is InChI=1S/C28H48O22/c1-7-11(31)20(17(37)23(40)44-7)49-26-18(38)21(50-27-22(39)28(41,5-30)6-43-27)19(8(2)45-26)48-24-15(35)13(33)10(4-42-24)47-25-16(36)14(34)12(32)9(3-29)46-25/h7-27,29-41H,3-6H2,1-2H3/t7-,8+,9-,10-,11+,12+,13+,14+,15-,16-,17-,18-,19+,20+,21+,22+,23-,24+,25+,26+,27+,28-/m1/s1. The monoisotopic (exact) mass is 736 g/mol. The van der Waals surface area contributed by atoms with Crippen LogP contribution in [-0.4, -0.2) is 228 Å². The molecule has 5 saturated heterocycles. The summed E-state index contributed by atoms with van der Waals surface area (Å²) in [6.45, 7) is 0.0571. The van der Waals surface area contributed by atoms with Gasteiger partial charge >= 0.3 is 0 Å². The number of hydrogen-bond acceptors (Lipinski definition) is 22. The van der Waals surface area contributed by atoms with Crippen molar-refractivity contribution >= 4 is 0 Å². The molecule has 13 N–H and O–H groups in total. The van der Waals surface area contributed by atoms with Gasteiger partial charge in [0.2, 0.25) is 0 Å². The van der Waals surface area contributed by atoms with Gasteiger partial charge in [0.05, 0.1) is 38.6 Å². The highest BCUT2D eigenvalue weighted by molar-refractivity contribution is 4.99. The lowest BCUT2D eigenvalue weighted by molar-refractivity contribution is -0.385. The van der Waals surface area contributed by atoms with Gasteiger partial charge in [-0.3, -0.25) is 0 Å². The average molecular weight is 737 g/mol. The van der Waals surface area contributed by atoms with E-state index in [0.717, 1.165) is 0 Å². The van der Waals surface area contributed by atoms with Gasteiger partial charge in [0.25, 0.3) is 0 Å². The van der Waals surface area contributed by atoms with E-state index in [2.05, 4.69) is 0 Å². The summed E-state index contributed by atoms with van der Waals surface area (Å²) in [6, 6.07) is 0. The summed E-state index contributed by atoms with van der Waals surface area (Å²) in [5.41, 5.74) is -2.13. The molecule has 292 valence electrons. The van der Waals surface area contributed by atoms with Crippen molar-refractivity contribution in [3.63, 3.8) is 0 Å². The Morgan fingerprint density at radius 2 is 1.18 bits per heavy atom. The molecule has 0 aromatic carbocycles. The zero-order valence-corrected chi connectivity index (χ0v) is 26.9. The largest absolute Gasteiger partial charge is 0.394 e. The summed E-state index contributed by atoms with van der Waals surface area (Å²) in [5, 5.41) is 135. The molecule has 0 unspecified atom stereocenters. The molecule has 22 heteroatoms. The minimum absolute atomic E-state index is 0.520. The predicted octanol–water partition coefficient (Wildman–Crippen LogP) is -8.59. The highest BCUT2D eigenvalue weighted by Crippen LogP contribution is 2.36. The lowest BCUT2D eigenvalue weighted by atomic mass is 9.96. The molecule has 22 nitrogen and oxygen atoms in total. The molecule has 0 bridgehead atoms. The molecule has 5 aliphatic heterocycles. The fourth-order valence-corrected chi connectivity index (χ4v) is 6.35. The van der Waals surface area contributed by atoms with Crippen LogP contribution < -0.4 is 0 Å². The zero-order valence-electron chi connectivity index (χ0n) is 26.9. The van der Waals surface area contributed by atoms with Gasteiger partial charge in [0.15, 0.2) is 31.5 Å². The van der Waals surface area contributed by atoms with Crippen LogP contribution in [0.2, 0.25) is 0 Å². The molecule has 5 fully saturated rings. The second-order valence-electron chi connectivity index (χ2n) is 13.2. The first-order valence-electron chi connectivity index (χ1n) is 16.1. The normalized spacial score (nSPS) is 54.9. The van der Waals surface area contributed by atoms with Gasteiger partial charge in [0, 0.05) is 0 Å². The van der Waals surface area contributed by atoms with Crippen LogP contribution in [0.3, 0.4) is 0 Å². The van der Waals surface area contributed by atoms with Crippen molar-refractivity contribution in [1.29, 1.82) is 0 Å². The molecule has 50 heavy (non-hydrogen) atoms. The second kappa shape index (κ2) is 16.2. The summed E-state index contributed by atoms with van der Waals surface area (Å²) < 4.78 is 50.0. The number of aliphatic hydroxyl groups is 13. The van der Waals surface area contributed by atoms with Crippen molar-refractivity contribution in [3.05, 3.63) is 0 Å². The Balaban J connectivity index is 1.31. The van der Waals surface area contributed by atoms with E-state index in [1.54, 1.807) is 0 Å². The van der Waals surface area contributed by atoms with Gasteiger partial charge in [-0.2, -0.15) is 0 Å². The maximum absolute atomic E-state index is 11.4. The summed E-state index contributed by atoms with van der Waals surface area (Å²) >= 11 is 0. The molecule has 5 aliphatic rings. The average Bonchev–Trinajstić information content (AvgIpc) is 3.37. The molecule has 22 atom stereocenters. The molecule has 0 radical (unpaired) electrons. The van der Waals surface area contributed by atoms with E-state index in [9.17, 15) is 66.4 Å². The van der Waals surface area contributed by atoms with Gasteiger partial charge in [0.1, 0.15) is 91.1 Å². The van der Waals surface area contributed by atoms with Crippen LogP contribution in [0.15, 0.2) is 0 Å². The zero-order chi connectivity index (χ0) is 36.8. The molecule has 0 aromatic heterocycles. The first kappa shape index (κ1) is 40.3. The van der Waals surface area contributed by atoms with E-state index in [0.29, 0.717) is 0 Å². The Bertz CT molecular complexity index is 1080. The van der Waals surface area contributed by atoms with Crippen LogP contribution in [0.25, 0.3) is 0 Å². The fourth-order valence-electron chi connectivity index (χ4n) is 6.35. The summed E-state index contributed by atoms with van der Waals surface area (Å²) in [4.78, 5) is 0. The van der Waals surface area contributed by atoms with E-state index in [-0.39, 0.29) is 0 Å². The highest BCUT2D eigenvalue weighted by Gasteiger charge is 2.56. The minimum Gasteiger partial charge on any atom is -0.394 e. The third-order valence-electron chi connectivity index (χ3n) is 9.60. The van der Waals surface area contributed by atoms with E-state index >= 15 is 0 Å². The molecule has 5 rings (SSSR count). The van der Waals surface area contributed by atoms with Crippen LogP contribution in [0.5, 0.6) is 0 Å². The van der Waals surface area contributed by atoms with Crippen LogP contribution in [0.1, 0.15) is 13.8 Å². The van der Waals surface area contributed by atoms with E-state index < -0.39 is 161 Å². The van der Waals surface area contributed by atoms with Crippen LogP contribution in [0, 0.1) is 0 Å². The van der Waals surface area contributed by atoms with Crippen molar-refractivity contribution in [2.45, 2.75) is 149 Å². The van der Waals surface area contributed by atoms with Gasteiger partial charge in [-0.25, -0.2) is 0 Å². The summed E-state index contributed by atoms with van der Waals surface area (Å²) in [7, 11) is 0. The quantitative estimate of drug-likeness (QED) is 0.0990. The van der Waals surface area contributed by atoms with Gasteiger partial charge in [-0.05, 0) is 13.8 Å². The molecule has 5 heterocycles. The van der Waals surface area contributed by atoms with Crippen LogP contribution >= 0.6 is 0 Å². The van der Waals surface area contributed by atoms with Crippen molar-refractivity contribution in [3.8, 4) is 0 Å². The Morgan fingerprint density at radius 3 is 1.82 bits per heavy atom. The Hall–Kier alpha value is -0.880. The topological polar surface area (TPSA) is 346 Å². The summed E-state index contributed by atoms with van der Waals surface area (Å²) in [6.07, 6.45) is -34.0. The van der Waals surface area contributed by atoms with E-state index in [1.165, 1.54) is 13.8 Å². The minimum atomic E-state index is -2.13. The second-order valence-corrected chi connectivity index (χ2v) is 13.2. The lowest BCUT2D eigenvalue weighted by Gasteiger charge is -2.48. The fraction of sp³-hybridized carbons (Fsp3) is 1.00. The molecule has 0 aliphatic carbocycles. The van der Waals surface area contributed by atoms with Crippen molar-refractivity contribution < 1.29 is 109 Å². The Kier molecular flexibility index (Phi) is 13.1. The lowest BCUT2D eigenvalue weighted by Crippen LogP contribution is -2.66. The van der Waals surface area contributed by atoms with Crippen LogP contribution in [0.4, 0.5) is 0 Å². The SMILES string of the molecule is C[C@@H]1O[C@@H](O[C@@H]2[C@@H](O)[C@H](O)O[C@H](C)[C@@H]2O)[C@H](O)[C@H](O[C@@H]2OC[C@](O)(CO)[C@H]2O)[C@H]1O[C@@H]1OC[C@@H](O[C@@H]2O[C@H](CO)[C@H](O)[C@H](O)[C@H]2O)[C@H](O)[C@H]1O. The number of ether oxygens (including phenoxy) is 9. The molecule has 0 amide bonds. The molecular weight excluding hydrogens is 688 g/mol. The van der Waals surface area contributed by atoms with E-state index in [4.69, 9.17) is 42.6 Å². The number of rotatable bonds is 10. The van der Waals surface area contributed by atoms with Crippen molar-refractivity contribution in [2.24, 2.45) is 0 Å². The first-order chi connectivity index (χ1) is 23.5. The third kappa shape index (κ3) is 7.83. The van der Waals surface area contributed by atoms with E-state index in [1.807, 2.05) is 0 Å². The van der Waals surface area contributed by atoms with Crippen LogP contribution in [-0.2, 0) is 42.6 Å². The number of aliphatic hydroxyl groups excluding tert-OH is 12. The molecular formula is C28H48O22. The van der Waals surface area contributed by atoms with Crippen molar-refractivity contribution in [2.75, 3.05) is 26.4 Å². The molecule has 0 aromatic rings. The predicted molar refractivity (Wildman–Crippen MR) is 152 cm³/mol. The summed E-state index contributed by atoms with van der Waals surface area (Å²) in [5.74, 6) is 0. The Labute approximate surface area is 284 Å². The maximum Gasteiger partial charge on any atom is 0.187 e. The molecule has 0 spiro atoms. The van der Waals surface area contributed by atoms with Gasteiger partial charge in [-0.15, -0.1) is 0 Å². The molecule has 0 saturated carbocycles. The van der Waals surface area contributed by atoms with Gasteiger partial charge in [-0.1, -0.05) is 0 Å². The smallest absolute Gasteiger partial charge is 0.187 e. The van der Waals surface area contributed by atoms with Crippen molar-refractivity contribution in [1.82, 2.24) is 0 Å². The first-order valence-corrected chi connectivity index (χ1v) is 16.1. The van der Waals surface area contributed by atoms with Gasteiger partial charge < -0.3 is 109 Å².